The Bertz CT molecular complexity index is 809. The molecule has 4 rings (SSSR count). The molecule has 1 saturated heterocycles. The number of aromatic hydroxyl groups is 1. The van der Waals surface area contributed by atoms with Gasteiger partial charge in [0, 0.05) is 24.2 Å². The number of nitrogens with zero attached hydrogens (tertiary/aromatic N) is 2. The van der Waals surface area contributed by atoms with Crippen molar-refractivity contribution in [3.8, 4) is 17.1 Å². The van der Waals surface area contributed by atoms with E-state index in [0.717, 1.165) is 31.4 Å². The lowest BCUT2D eigenvalue weighted by molar-refractivity contribution is 0.0698. The van der Waals surface area contributed by atoms with Gasteiger partial charge in [0.15, 0.2) is 11.5 Å². The average molecular weight is 340 g/mol. The maximum Gasteiger partial charge on any atom is 0.276 e. The van der Waals surface area contributed by atoms with E-state index in [2.05, 4.69) is 25.9 Å². The normalized spacial score (nSPS) is 27.5. The van der Waals surface area contributed by atoms with Gasteiger partial charge in [0.05, 0.1) is 0 Å². The van der Waals surface area contributed by atoms with Gasteiger partial charge >= 0.3 is 0 Å². The zero-order chi connectivity index (χ0) is 17.8. The van der Waals surface area contributed by atoms with Crippen molar-refractivity contribution in [1.29, 1.82) is 0 Å². The van der Waals surface area contributed by atoms with Crippen molar-refractivity contribution < 1.29 is 14.4 Å². The number of carbonyl (C=O) groups is 1. The first-order valence-corrected chi connectivity index (χ1v) is 8.82. The summed E-state index contributed by atoms with van der Waals surface area (Å²) in [5, 5.41) is 13.4. The molecule has 2 atom stereocenters. The standard InChI is InChI=1S/C20H24N2O3/c1-19(2)9-14-10-20(3,11-19)12-22(14)18(24)16-8-17(25-21-16)13-4-6-15(23)7-5-13/h4-8,14,23H,9-12H2,1-3H3/t14-,20-/m1/s1. The van der Waals surface area contributed by atoms with Crippen LogP contribution in [0.15, 0.2) is 34.9 Å². The number of hydrogen-bond acceptors (Lipinski definition) is 4. The van der Waals surface area contributed by atoms with Gasteiger partial charge in [-0.15, -0.1) is 0 Å². The number of hydrogen-bond donors (Lipinski definition) is 1. The van der Waals surface area contributed by atoms with Crippen LogP contribution < -0.4 is 0 Å². The maximum atomic E-state index is 13.0. The second-order valence-corrected chi connectivity index (χ2v) is 8.77. The van der Waals surface area contributed by atoms with Crippen LogP contribution in [0.2, 0.25) is 0 Å². The summed E-state index contributed by atoms with van der Waals surface area (Å²) in [6, 6.07) is 8.66. The first-order chi connectivity index (χ1) is 11.7. The number of phenols is 1. The minimum atomic E-state index is -0.0415. The van der Waals surface area contributed by atoms with Crippen molar-refractivity contribution >= 4 is 5.91 Å². The Morgan fingerprint density at radius 3 is 2.68 bits per heavy atom. The quantitative estimate of drug-likeness (QED) is 0.894. The highest BCUT2D eigenvalue weighted by atomic mass is 16.5. The summed E-state index contributed by atoms with van der Waals surface area (Å²) < 4.78 is 5.37. The van der Waals surface area contributed by atoms with Gasteiger partial charge in [-0.1, -0.05) is 25.9 Å². The van der Waals surface area contributed by atoms with Crippen LogP contribution >= 0.6 is 0 Å². The molecule has 0 spiro atoms. The highest BCUT2D eigenvalue weighted by Gasteiger charge is 2.51. The summed E-state index contributed by atoms with van der Waals surface area (Å²) in [7, 11) is 0. The molecule has 2 aliphatic rings. The predicted molar refractivity (Wildman–Crippen MR) is 94.2 cm³/mol. The fourth-order valence-electron chi connectivity index (χ4n) is 4.98. The molecule has 5 heteroatoms. The molecule has 2 heterocycles. The largest absolute Gasteiger partial charge is 0.508 e. The third-order valence-electron chi connectivity index (χ3n) is 5.56. The van der Waals surface area contributed by atoms with E-state index in [-0.39, 0.29) is 28.5 Å². The Morgan fingerprint density at radius 2 is 1.96 bits per heavy atom. The minimum Gasteiger partial charge on any atom is -0.508 e. The molecule has 1 aromatic carbocycles. The lowest BCUT2D eigenvalue weighted by Crippen LogP contribution is -2.37. The Morgan fingerprint density at radius 1 is 1.24 bits per heavy atom. The third kappa shape index (κ3) is 2.92. The molecule has 1 aliphatic carbocycles. The number of phenolic OH excluding ortho intramolecular Hbond substituents is 1. The van der Waals surface area contributed by atoms with E-state index < -0.39 is 0 Å². The van der Waals surface area contributed by atoms with Crippen molar-refractivity contribution in [2.45, 2.75) is 46.1 Å². The number of aromatic nitrogens is 1. The monoisotopic (exact) mass is 340 g/mol. The van der Waals surface area contributed by atoms with E-state index in [9.17, 15) is 9.90 Å². The van der Waals surface area contributed by atoms with Gasteiger partial charge in [0.2, 0.25) is 0 Å². The molecular formula is C20H24N2O3. The van der Waals surface area contributed by atoms with E-state index in [4.69, 9.17) is 4.52 Å². The lowest BCUT2D eigenvalue weighted by atomic mass is 9.65. The number of benzene rings is 1. The predicted octanol–water partition coefficient (Wildman–Crippen LogP) is 4.09. The van der Waals surface area contributed by atoms with E-state index in [0.29, 0.717) is 11.5 Å². The summed E-state index contributed by atoms with van der Waals surface area (Å²) in [5.74, 6) is 0.692. The molecule has 1 saturated carbocycles. The van der Waals surface area contributed by atoms with Crippen molar-refractivity contribution in [1.82, 2.24) is 10.1 Å². The third-order valence-corrected chi connectivity index (χ3v) is 5.56. The molecular weight excluding hydrogens is 316 g/mol. The molecule has 25 heavy (non-hydrogen) atoms. The first-order valence-electron chi connectivity index (χ1n) is 8.82. The van der Waals surface area contributed by atoms with Crippen LogP contribution in [0.1, 0.15) is 50.5 Å². The van der Waals surface area contributed by atoms with Gasteiger partial charge < -0.3 is 14.5 Å². The fraction of sp³-hybridized carbons (Fsp3) is 0.500. The van der Waals surface area contributed by atoms with Gasteiger partial charge in [-0.25, -0.2) is 0 Å². The van der Waals surface area contributed by atoms with Gasteiger partial charge in [0.1, 0.15) is 5.75 Å². The smallest absolute Gasteiger partial charge is 0.276 e. The van der Waals surface area contributed by atoms with Gasteiger partial charge in [0.25, 0.3) is 5.91 Å². The van der Waals surface area contributed by atoms with Crippen molar-refractivity contribution in [2.24, 2.45) is 10.8 Å². The second-order valence-electron chi connectivity index (χ2n) is 8.77. The van der Waals surface area contributed by atoms with Crippen LogP contribution in [-0.2, 0) is 0 Å². The molecule has 0 radical (unpaired) electrons. The molecule has 1 N–H and O–H groups in total. The van der Waals surface area contributed by atoms with Crippen LogP contribution in [-0.4, -0.2) is 33.7 Å². The summed E-state index contributed by atoms with van der Waals surface area (Å²) >= 11 is 0. The highest BCUT2D eigenvalue weighted by Crippen LogP contribution is 2.52. The van der Waals surface area contributed by atoms with Crippen molar-refractivity contribution in [3.05, 3.63) is 36.0 Å². The van der Waals surface area contributed by atoms with Crippen LogP contribution in [0.4, 0.5) is 0 Å². The molecule has 2 bridgehead atoms. The van der Waals surface area contributed by atoms with E-state index in [1.807, 2.05) is 4.90 Å². The van der Waals surface area contributed by atoms with Gasteiger partial charge in [-0.2, -0.15) is 0 Å². The summed E-state index contributed by atoms with van der Waals surface area (Å²) in [5.41, 5.74) is 1.62. The average Bonchev–Trinajstić information content (AvgIpc) is 3.09. The van der Waals surface area contributed by atoms with Crippen molar-refractivity contribution in [3.63, 3.8) is 0 Å². The Hall–Kier alpha value is -2.30. The van der Waals surface area contributed by atoms with Gasteiger partial charge in [-0.05, 0) is 54.4 Å². The molecule has 1 amide bonds. The highest BCUT2D eigenvalue weighted by molar-refractivity contribution is 5.93. The number of rotatable bonds is 2. The molecule has 1 aliphatic heterocycles. The number of likely N-dealkylation sites (tertiary alicyclic amines) is 1. The summed E-state index contributed by atoms with van der Waals surface area (Å²) in [6.07, 6.45) is 3.26. The number of carbonyl (C=O) groups excluding carboxylic acids is 1. The second kappa shape index (κ2) is 5.35. The van der Waals surface area contributed by atoms with E-state index >= 15 is 0 Å². The number of fused-ring (bicyclic) bond motifs is 2. The number of amides is 1. The van der Waals surface area contributed by atoms with Crippen molar-refractivity contribution in [2.75, 3.05) is 6.54 Å². The zero-order valence-corrected chi connectivity index (χ0v) is 15.0. The SMILES string of the molecule is CC1(C)C[C@@H]2C[C@@](C)(CN2C(=O)c2cc(-c3ccc(O)cc3)on2)C1. The molecule has 2 aromatic rings. The Balaban J connectivity index is 1.57. The molecule has 1 aromatic heterocycles. The first kappa shape index (κ1) is 16.2. The topological polar surface area (TPSA) is 66.6 Å². The van der Waals surface area contributed by atoms with E-state index in [1.54, 1.807) is 30.3 Å². The fourth-order valence-corrected chi connectivity index (χ4v) is 4.98. The lowest BCUT2D eigenvalue weighted by Gasteiger charge is -2.39. The van der Waals surface area contributed by atoms with Crippen LogP contribution in [0.5, 0.6) is 5.75 Å². The molecule has 0 unspecified atom stereocenters. The van der Waals surface area contributed by atoms with Gasteiger partial charge in [-0.3, -0.25) is 4.79 Å². The Labute approximate surface area is 147 Å². The van der Waals surface area contributed by atoms with Crippen LogP contribution in [0, 0.1) is 10.8 Å². The molecule has 132 valence electrons. The summed E-state index contributed by atoms with van der Waals surface area (Å²) in [4.78, 5) is 15.0. The molecule has 5 nitrogen and oxygen atoms in total. The van der Waals surface area contributed by atoms with Crippen LogP contribution in [0.25, 0.3) is 11.3 Å². The molecule has 2 fully saturated rings. The van der Waals surface area contributed by atoms with Crippen LogP contribution in [0.3, 0.4) is 0 Å². The maximum absolute atomic E-state index is 13.0. The summed E-state index contributed by atoms with van der Waals surface area (Å²) in [6.45, 7) is 7.68. The minimum absolute atomic E-state index is 0.0415. The zero-order valence-electron chi connectivity index (χ0n) is 15.0. The van der Waals surface area contributed by atoms with E-state index in [1.165, 1.54) is 0 Å². The Kier molecular flexibility index (Phi) is 3.46.